The molecule has 2 heterocycles. The van der Waals surface area contributed by atoms with Crippen LogP contribution in [0.3, 0.4) is 0 Å². The van der Waals surface area contributed by atoms with Gasteiger partial charge in [-0.15, -0.1) is 5.10 Å². The fourth-order valence-corrected chi connectivity index (χ4v) is 3.95. The van der Waals surface area contributed by atoms with Crippen molar-refractivity contribution in [2.24, 2.45) is 5.41 Å². The van der Waals surface area contributed by atoms with Crippen molar-refractivity contribution < 1.29 is 0 Å². The minimum atomic E-state index is 0.578. The van der Waals surface area contributed by atoms with Gasteiger partial charge >= 0.3 is 0 Å². The van der Waals surface area contributed by atoms with Crippen LogP contribution in [0.25, 0.3) is 0 Å². The van der Waals surface area contributed by atoms with Crippen LogP contribution in [0, 0.1) is 30.6 Å². The van der Waals surface area contributed by atoms with Gasteiger partial charge in [-0.1, -0.05) is 19.3 Å². The van der Waals surface area contributed by atoms with E-state index in [0.717, 1.165) is 30.2 Å². The first-order valence-electron chi connectivity index (χ1n) is 8.14. The van der Waals surface area contributed by atoms with Gasteiger partial charge in [-0.05, 0) is 50.5 Å². The summed E-state index contributed by atoms with van der Waals surface area (Å²) in [6, 6.07) is 2.33. The molecule has 0 atom stereocenters. The fourth-order valence-electron chi connectivity index (χ4n) is 3.95. The quantitative estimate of drug-likeness (QED) is 0.792. The molecule has 0 aromatic carbocycles. The van der Waals surface area contributed by atoms with Crippen LogP contribution in [0.15, 0.2) is 0 Å². The third-order valence-corrected chi connectivity index (χ3v) is 5.59. The Balaban J connectivity index is 1.78. The van der Waals surface area contributed by atoms with E-state index in [1.807, 2.05) is 13.8 Å². The lowest BCUT2D eigenvalue weighted by Gasteiger charge is -2.44. The minimum absolute atomic E-state index is 0.578. The summed E-state index contributed by atoms with van der Waals surface area (Å²) < 4.78 is 0. The summed E-state index contributed by atoms with van der Waals surface area (Å²) in [5, 5.41) is 18.0. The van der Waals surface area contributed by atoms with E-state index in [0.29, 0.717) is 11.0 Å². The Labute approximate surface area is 127 Å². The van der Waals surface area contributed by atoms with Crippen molar-refractivity contribution in [3.63, 3.8) is 0 Å². The predicted molar refractivity (Wildman–Crippen MR) is 83.2 cm³/mol. The maximum absolute atomic E-state index is 9.45. The van der Waals surface area contributed by atoms with Crippen LogP contribution in [-0.2, 0) is 0 Å². The average Bonchev–Trinajstić information content (AvgIpc) is 2.52. The van der Waals surface area contributed by atoms with Crippen molar-refractivity contribution in [3.8, 4) is 6.07 Å². The van der Waals surface area contributed by atoms with Gasteiger partial charge in [-0.25, -0.2) is 0 Å². The van der Waals surface area contributed by atoms with Gasteiger partial charge in [0.2, 0.25) is 0 Å². The molecule has 0 radical (unpaired) electrons. The second-order valence-corrected chi connectivity index (χ2v) is 6.77. The van der Waals surface area contributed by atoms with Crippen LogP contribution < -0.4 is 4.90 Å². The molecule has 1 spiro atoms. The molecule has 3 rings (SSSR count). The van der Waals surface area contributed by atoms with Crippen molar-refractivity contribution in [3.05, 3.63) is 16.8 Å². The lowest BCUT2D eigenvalue weighted by molar-refractivity contribution is 0.144. The molecule has 0 amide bonds. The zero-order valence-electron chi connectivity index (χ0n) is 13.2. The average molecular weight is 284 g/mol. The number of hydrogen-bond donors (Lipinski definition) is 0. The fraction of sp³-hybridized carbons (Fsp3) is 0.706. The lowest BCUT2D eigenvalue weighted by atomic mass is 9.68. The monoisotopic (exact) mass is 284 g/mol. The van der Waals surface area contributed by atoms with E-state index in [2.05, 4.69) is 21.2 Å². The predicted octanol–water partition coefficient (Wildman–Crippen LogP) is 3.52. The lowest BCUT2D eigenvalue weighted by Crippen LogP contribution is -2.42. The summed E-state index contributed by atoms with van der Waals surface area (Å²) in [5.74, 6) is 0.797. The highest BCUT2D eigenvalue weighted by Gasteiger charge is 2.36. The van der Waals surface area contributed by atoms with Crippen molar-refractivity contribution in [1.29, 1.82) is 5.26 Å². The first kappa shape index (κ1) is 14.3. The van der Waals surface area contributed by atoms with E-state index in [9.17, 15) is 5.26 Å². The molecule has 1 saturated heterocycles. The molecule has 1 aromatic heterocycles. The van der Waals surface area contributed by atoms with Gasteiger partial charge < -0.3 is 4.90 Å². The Morgan fingerprint density at radius 3 is 2.29 bits per heavy atom. The van der Waals surface area contributed by atoms with Gasteiger partial charge in [-0.2, -0.15) is 10.4 Å². The number of aryl methyl sites for hydroxylation is 1. The highest BCUT2D eigenvalue weighted by Crippen LogP contribution is 2.45. The second kappa shape index (κ2) is 5.63. The molecule has 1 aliphatic carbocycles. The Morgan fingerprint density at radius 1 is 1.00 bits per heavy atom. The van der Waals surface area contributed by atoms with E-state index in [-0.39, 0.29) is 0 Å². The standard InChI is InChI=1S/C17H24N4/c1-13-14(2)19-20-16(15(13)12-18)21-10-8-17(9-11-21)6-4-3-5-7-17/h3-11H2,1-2H3. The van der Waals surface area contributed by atoms with Crippen LogP contribution in [0.5, 0.6) is 0 Å². The minimum Gasteiger partial charge on any atom is -0.354 e. The number of hydrogen-bond acceptors (Lipinski definition) is 4. The summed E-state index contributed by atoms with van der Waals surface area (Å²) in [6.45, 7) is 5.93. The number of nitrogens with zero attached hydrogens (tertiary/aromatic N) is 4. The molecule has 0 N–H and O–H groups in total. The van der Waals surface area contributed by atoms with Gasteiger partial charge in [0.05, 0.1) is 5.69 Å². The Morgan fingerprint density at radius 2 is 1.67 bits per heavy atom. The van der Waals surface area contributed by atoms with Gasteiger partial charge in [0.15, 0.2) is 5.82 Å². The van der Waals surface area contributed by atoms with Crippen molar-refractivity contribution >= 4 is 5.82 Å². The smallest absolute Gasteiger partial charge is 0.169 e. The molecular weight excluding hydrogens is 260 g/mol. The molecule has 21 heavy (non-hydrogen) atoms. The molecule has 112 valence electrons. The summed E-state index contributed by atoms with van der Waals surface area (Å²) in [4.78, 5) is 2.28. The normalized spacial score (nSPS) is 21.3. The van der Waals surface area contributed by atoms with E-state index in [4.69, 9.17) is 0 Å². The molecule has 4 heteroatoms. The van der Waals surface area contributed by atoms with Crippen LogP contribution in [0.2, 0.25) is 0 Å². The SMILES string of the molecule is Cc1nnc(N2CCC3(CCCCC3)CC2)c(C#N)c1C. The molecule has 1 aromatic rings. The van der Waals surface area contributed by atoms with Crippen LogP contribution in [0.1, 0.15) is 61.8 Å². The molecule has 1 saturated carbocycles. The topological polar surface area (TPSA) is 52.8 Å². The van der Waals surface area contributed by atoms with Crippen LogP contribution in [-0.4, -0.2) is 23.3 Å². The number of nitriles is 1. The maximum Gasteiger partial charge on any atom is 0.169 e. The van der Waals surface area contributed by atoms with Crippen LogP contribution >= 0.6 is 0 Å². The third-order valence-electron chi connectivity index (χ3n) is 5.59. The van der Waals surface area contributed by atoms with Gasteiger partial charge in [-0.3, -0.25) is 0 Å². The number of anilines is 1. The summed E-state index contributed by atoms with van der Waals surface area (Å²) in [5.41, 5.74) is 3.12. The van der Waals surface area contributed by atoms with Gasteiger partial charge in [0.1, 0.15) is 11.6 Å². The van der Waals surface area contributed by atoms with Crippen molar-refractivity contribution in [2.45, 2.75) is 58.8 Å². The zero-order valence-corrected chi connectivity index (χ0v) is 13.2. The third kappa shape index (κ3) is 2.62. The summed E-state index contributed by atoms with van der Waals surface area (Å²) in [6.07, 6.45) is 9.47. The molecule has 4 nitrogen and oxygen atoms in total. The van der Waals surface area contributed by atoms with E-state index >= 15 is 0 Å². The largest absolute Gasteiger partial charge is 0.354 e. The number of piperidine rings is 1. The van der Waals surface area contributed by atoms with Crippen LogP contribution in [0.4, 0.5) is 5.82 Å². The highest BCUT2D eigenvalue weighted by molar-refractivity contribution is 5.57. The van der Waals surface area contributed by atoms with Gasteiger partial charge in [0.25, 0.3) is 0 Å². The molecule has 0 unspecified atom stereocenters. The summed E-state index contributed by atoms with van der Waals surface area (Å²) >= 11 is 0. The molecule has 1 aliphatic heterocycles. The highest BCUT2D eigenvalue weighted by atomic mass is 15.3. The Hall–Kier alpha value is -1.63. The first-order valence-corrected chi connectivity index (χ1v) is 8.14. The number of rotatable bonds is 1. The molecular formula is C17H24N4. The molecule has 2 fully saturated rings. The van der Waals surface area contributed by atoms with Crippen molar-refractivity contribution in [1.82, 2.24) is 10.2 Å². The van der Waals surface area contributed by atoms with E-state index in [1.54, 1.807) is 0 Å². The Kier molecular flexibility index (Phi) is 3.84. The van der Waals surface area contributed by atoms with E-state index in [1.165, 1.54) is 44.9 Å². The Bertz CT molecular complexity index is 557. The molecule has 0 bridgehead atoms. The van der Waals surface area contributed by atoms with E-state index < -0.39 is 0 Å². The maximum atomic E-state index is 9.45. The van der Waals surface area contributed by atoms with Gasteiger partial charge in [0, 0.05) is 13.1 Å². The second-order valence-electron chi connectivity index (χ2n) is 6.77. The van der Waals surface area contributed by atoms with Crippen molar-refractivity contribution in [2.75, 3.05) is 18.0 Å². The molecule has 2 aliphatic rings. The number of aromatic nitrogens is 2. The zero-order chi connectivity index (χ0) is 14.9. The summed E-state index contributed by atoms with van der Waals surface area (Å²) in [7, 11) is 0. The first-order chi connectivity index (χ1) is 10.2.